The Bertz CT molecular complexity index is 1090. The Labute approximate surface area is 170 Å². The van der Waals surface area contributed by atoms with E-state index in [1.807, 2.05) is 54.3 Å². The molecule has 4 rings (SSSR count). The molecule has 5 nitrogen and oxygen atoms in total. The van der Waals surface area contributed by atoms with E-state index in [9.17, 15) is 9.59 Å². The van der Waals surface area contributed by atoms with Crippen molar-refractivity contribution in [1.82, 2.24) is 9.78 Å². The van der Waals surface area contributed by atoms with Gasteiger partial charge in [-0.3, -0.25) is 9.59 Å². The zero-order chi connectivity index (χ0) is 20.4. The Kier molecular flexibility index (Phi) is 5.30. The molecule has 2 heterocycles. The van der Waals surface area contributed by atoms with E-state index in [1.165, 1.54) is 15.8 Å². The van der Waals surface area contributed by atoms with E-state index in [0.717, 1.165) is 23.4 Å². The summed E-state index contributed by atoms with van der Waals surface area (Å²) >= 11 is 0. The quantitative estimate of drug-likeness (QED) is 0.665. The van der Waals surface area contributed by atoms with Crippen LogP contribution in [0.25, 0.3) is 11.3 Å². The second-order valence-electron chi connectivity index (χ2n) is 7.70. The summed E-state index contributed by atoms with van der Waals surface area (Å²) in [5, 5.41) is 4.50. The Hall–Kier alpha value is -3.21. The number of amides is 1. The predicted molar refractivity (Wildman–Crippen MR) is 115 cm³/mol. The molecule has 1 atom stereocenters. The minimum absolute atomic E-state index is 0.102. The summed E-state index contributed by atoms with van der Waals surface area (Å²) < 4.78 is 1.46. The van der Waals surface area contributed by atoms with Crippen molar-refractivity contribution in [2.75, 3.05) is 4.90 Å². The number of anilines is 1. The van der Waals surface area contributed by atoms with Gasteiger partial charge in [-0.1, -0.05) is 48.0 Å². The van der Waals surface area contributed by atoms with Gasteiger partial charge in [0.2, 0.25) is 5.91 Å². The van der Waals surface area contributed by atoms with Crippen LogP contribution in [-0.4, -0.2) is 21.7 Å². The number of rotatable bonds is 5. The first-order valence-corrected chi connectivity index (χ1v) is 10.1. The molecular formula is C24H25N3O2. The van der Waals surface area contributed by atoms with E-state index < -0.39 is 0 Å². The zero-order valence-electron chi connectivity index (χ0n) is 16.8. The lowest BCUT2D eigenvalue weighted by Crippen LogP contribution is -2.35. The van der Waals surface area contributed by atoms with E-state index in [2.05, 4.69) is 18.1 Å². The second kappa shape index (κ2) is 8.03. The standard InChI is InChI=1S/C24H25N3O2/c1-17-9-11-19(12-10-17)21-13-14-23(28)26(25-21)15-5-8-24(29)27-18(2)16-20-6-3-4-7-22(20)27/h3-4,6-7,9-14,18H,5,8,15-16H2,1-2H3/t18-/m1/s1. The van der Waals surface area contributed by atoms with E-state index >= 15 is 0 Å². The van der Waals surface area contributed by atoms with Gasteiger partial charge < -0.3 is 4.90 Å². The number of hydrogen-bond acceptors (Lipinski definition) is 3. The Morgan fingerprint density at radius 3 is 2.62 bits per heavy atom. The molecule has 148 valence electrons. The molecular weight excluding hydrogens is 362 g/mol. The average molecular weight is 387 g/mol. The monoisotopic (exact) mass is 387 g/mol. The first-order valence-electron chi connectivity index (χ1n) is 10.1. The van der Waals surface area contributed by atoms with Crippen LogP contribution >= 0.6 is 0 Å². The third kappa shape index (κ3) is 3.99. The van der Waals surface area contributed by atoms with Crippen molar-refractivity contribution in [2.45, 2.75) is 45.7 Å². The van der Waals surface area contributed by atoms with Gasteiger partial charge in [0, 0.05) is 36.3 Å². The molecule has 2 aromatic carbocycles. The van der Waals surface area contributed by atoms with Gasteiger partial charge in [-0.25, -0.2) is 4.68 Å². The van der Waals surface area contributed by atoms with E-state index in [4.69, 9.17) is 0 Å². The SMILES string of the molecule is Cc1ccc(-c2ccc(=O)n(CCCC(=O)N3c4ccccc4C[C@H]3C)n2)cc1. The van der Waals surface area contributed by atoms with Gasteiger partial charge in [0.05, 0.1) is 5.69 Å². The number of benzene rings is 2. The number of aryl methyl sites for hydroxylation is 2. The number of para-hydroxylation sites is 1. The van der Waals surface area contributed by atoms with Gasteiger partial charge in [-0.15, -0.1) is 0 Å². The molecule has 0 bridgehead atoms. The van der Waals surface area contributed by atoms with Gasteiger partial charge in [-0.05, 0) is 44.4 Å². The molecule has 29 heavy (non-hydrogen) atoms. The minimum Gasteiger partial charge on any atom is -0.309 e. The molecule has 1 aliphatic heterocycles. The Morgan fingerprint density at radius 1 is 1.07 bits per heavy atom. The van der Waals surface area contributed by atoms with Crippen LogP contribution < -0.4 is 10.5 Å². The molecule has 3 aromatic rings. The highest BCUT2D eigenvalue weighted by Gasteiger charge is 2.29. The normalized spacial score (nSPS) is 15.4. The van der Waals surface area contributed by atoms with Gasteiger partial charge >= 0.3 is 0 Å². The molecule has 0 radical (unpaired) electrons. The lowest BCUT2D eigenvalue weighted by atomic mass is 10.1. The molecule has 1 amide bonds. The van der Waals surface area contributed by atoms with Gasteiger partial charge in [0.1, 0.15) is 0 Å². The maximum Gasteiger partial charge on any atom is 0.266 e. The molecule has 0 saturated heterocycles. The molecule has 5 heteroatoms. The largest absolute Gasteiger partial charge is 0.309 e. The first-order chi connectivity index (χ1) is 14.0. The third-order valence-corrected chi connectivity index (χ3v) is 5.45. The van der Waals surface area contributed by atoms with E-state index in [-0.39, 0.29) is 17.5 Å². The first kappa shape index (κ1) is 19.1. The van der Waals surface area contributed by atoms with Crippen molar-refractivity contribution in [3.63, 3.8) is 0 Å². The highest BCUT2D eigenvalue weighted by Crippen LogP contribution is 2.32. The van der Waals surface area contributed by atoms with Crippen molar-refractivity contribution in [3.8, 4) is 11.3 Å². The molecule has 0 N–H and O–H groups in total. The fraction of sp³-hybridized carbons (Fsp3) is 0.292. The van der Waals surface area contributed by atoms with Gasteiger partial charge in [-0.2, -0.15) is 5.10 Å². The third-order valence-electron chi connectivity index (χ3n) is 5.45. The number of hydrogen-bond donors (Lipinski definition) is 0. The summed E-state index contributed by atoms with van der Waals surface area (Å²) in [6.07, 6.45) is 1.86. The smallest absolute Gasteiger partial charge is 0.266 e. The number of fused-ring (bicyclic) bond motifs is 1. The molecule has 0 aliphatic carbocycles. The maximum absolute atomic E-state index is 12.8. The van der Waals surface area contributed by atoms with Crippen LogP contribution in [0.1, 0.15) is 30.9 Å². The summed E-state index contributed by atoms with van der Waals surface area (Å²) in [7, 11) is 0. The fourth-order valence-corrected chi connectivity index (χ4v) is 3.93. The van der Waals surface area contributed by atoms with Crippen molar-refractivity contribution in [2.24, 2.45) is 0 Å². The highest BCUT2D eigenvalue weighted by molar-refractivity contribution is 5.96. The van der Waals surface area contributed by atoms with Crippen LogP contribution in [0.15, 0.2) is 65.5 Å². The minimum atomic E-state index is -0.145. The number of aromatic nitrogens is 2. The van der Waals surface area contributed by atoms with E-state index in [1.54, 1.807) is 12.1 Å². The predicted octanol–water partition coefficient (Wildman–Crippen LogP) is 3.98. The van der Waals surface area contributed by atoms with Gasteiger partial charge in [0.15, 0.2) is 0 Å². The average Bonchev–Trinajstić information content (AvgIpc) is 3.05. The molecule has 0 unspecified atom stereocenters. The summed E-state index contributed by atoms with van der Waals surface area (Å²) in [4.78, 5) is 26.9. The number of carbonyl (C=O) groups is 1. The lowest BCUT2D eigenvalue weighted by Gasteiger charge is -2.22. The number of carbonyl (C=O) groups excluding carboxylic acids is 1. The summed E-state index contributed by atoms with van der Waals surface area (Å²) in [6, 6.07) is 19.6. The molecule has 0 spiro atoms. The number of nitrogens with zero attached hydrogens (tertiary/aromatic N) is 3. The van der Waals surface area contributed by atoms with E-state index in [0.29, 0.717) is 19.4 Å². The summed E-state index contributed by atoms with van der Waals surface area (Å²) in [6.45, 7) is 4.54. The zero-order valence-corrected chi connectivity index (χ0v) is 16.8. The van der Waals surface area contributed by atoms with Crippen molar-refractivity contribution in [3.05, 3.63) is 82.1 Å². The Balaban J connectivity index is 1.43. The van der Waals surface area contributed by atoms with Crippen LogP contribution in [0.2, 0.25) is 0 Å². The van der Waals surface area contributed by atoms with Crippen LogP contribution in [0.5, 0.6) is 0 Å². The molecule has 0 fully saturated rings. The summed E-state index contributed by atoms with van der Waals surface area (Å²) in [5.41, 5.74) is 5.01. The van der Waals surface area contributed by atoms with Crippen molar-refractivity contribution < 1.29 is 4.79 Å². The molecule has 0 saturated carbocycles. The fourth-order valence-electron chi connectivity index (χ4n) is 3.93. The van der Waals surface area contributed by atoms with Crippen LogP contribution in [0.3, 0.4) is 0 Å². The topological polar surface area (TPSA) is 55.2 Å². The molecule has 1 aliphatic rings. The van der Waals surface area contributed by atoms with Gasteiger partial charge in [0.25, 0.3) is 5.56 Å². The molecule has 1 aromatic heterocycles. The Morgan fingerprint density at radius 2 is 1.83 bits per heavy atom. The maximum atomic E-state index is 12.8. The lowest BCUT2D eigenvalue weighted by molar-refractivity contribution is -0.119. The summed E-state index contributed by atoms with van der Waals surface area (Å²) in [5.74, 6) is 0.102. The van der Waals surface area contributed by atoms with Crippen LogP contribution in [-0.2, 0) is 17.8 Å². The highest BCUT2D eigenvalue weighted by atomic mass is 16.2. The van der Waals surface area contributed by atoms with Crippen molar-refractivity contribution >= 4 is 11.6 Å². The van der Waals surface area contributed by atoms with Crippen LogP contribution in [0, 0.1) is 6.92 Å². The van der Waals surface area contributed by atoms with Crippen molar-refractivity contribution in [1.29, 1.82) is 0 Å². The second-order valence-corrected chi connectivity index (χ2v) is 7.70. The van der Waals surface area contributed by atoms with Crippen LogP contribution in [0.4, 0.5) is 5.69 Å².